The lowest BCUT2D eigenvalue weighted by Gasteiger charge is -2.37. The summed E-state index contributed by atoms with van der Waals surface area (Å²) >= 11 is 0. The number of nitrogens with one attached hydrogen (secondary N) is 1. The third-order valence-corrected chi connectivity index (χ3v) is 6.09. The zero-order valence-corrected chi connectivity index (χ0v) is 18.1. The first-order valence-corrected chi connectivity index (χ1v) is 10.9. The van der Waals surface area contributed by atoms with Crippen LogP contribution in [0, 0.1) is 18.7 Å². The van der Waals surface area contributed by atoms with Crippen LogP contribution in [0.25, 0.3) is 0 Å². The number of rotatable bonds is 5. The lowest BCUT2D eigenvalue weighted by atomic mass is 9.83. The van der Waals surface area contributed by atoms with Crippen molar-refractivity contribution >= 4 is 11.8 Å². The molecule has 2 amide bonds. The standard InChI is InChI=1S/C27H27FN2O2/c1-19-14-22(12-13-25(19)28)23-15-24(26(31)29-16-20-8-4-2-5-9-20)18-30(17-23)27(32)21-10-6-3-7-11-21/h2-14,23-24H,15-18H2,1H3,(H,29,31)/t23-,24+/m1/s1. The molecular formula is C27H27FN2O2. The van der Waals surface area contributed by atoms with E-state index in [1.165, 1.54) is 6.07 Å². The molecule has 164 valence electrons. The first-order chi connectivity index (χ1) is 15.5. The third-order valence-electron chi connectivity index (χ3n) is 6.09. The van der Waals surface area contributed by atoms with Crippen LogP contribution in [-0.4, -0.2) is 29.8 Å². The summed E-state index contributed by atoms with van der Waals surface area (Å²) in [6.45, 7) is 3.05. The van der Waals surface area contributed by atoms with Gasteiger partial charge in [-0.15, -0.1) is 0 Å². The van der Waals surface area contributed by atoms with Crippen molar-refractivity contribution < 1.29 is 14.0 Å². The predicted octanol–water partition coefficient (Wildman–Crippen LogP) is 4.70. The molecule has 1 aliphatic rings. The first-order valence-electron chi connectivity index (χ1n) is 10.9. The molecule has 1 fully saturated rings. The van der Waals surface area contributed by atoms with Crippen molar-refractivity contribution in [2.75, 3.05) is 13.1 Å². The highest BCUT2D eigenvalue weighted by molar-refractivity contribution is 5.94. The van der Waals surface area contributed by atoms with Crippen molar-refractivity contribution in [2.45, 2.75) is 25.8 Å². The van der Waals surface area contributed by atoms with Crippen molar-refractivity contribution in [2.24, 2.45) is 5.92 Å². The van der Waals surface area contributed by atoms with Gasteiger partial charge in [0, 0.05) is 31.1 Å². The SMILES string of the molecule is Cc1cc([C@@H]2C[C@H](C(=O)NCc3ccccc3)CN(C(=O)c3ccccc3)C2)ccc1F. The number of nitrogens with zero attached hydrogens (tertiary/aromatic N) is 1. The minimum Gasteiger partial charge on any atom is -0.352 e. The van der Waals surface area contributed by atoms with E-state index in [0.29, 0.717) is 37.2 Å². The summed E-state index contributed by atoms with van der Waals surface area (Å²) < 4.78 is 13.8. The van der Waals surface area contributed by atoms with Crippen LogP contribution in [0.3, 0.4) is 0 Å². The molecule has 4 rings (SSSR count). The average molecular weight is 431 g/mol. The monoisotopic (exact) mass is 430 g/mol. The lowest BCUT2D eigenvalue weighted by Crippen LogP contribution is -2.48. The second-order valence-electron chi connectivity index (χ2n) is 8.42. The molecule has 0 aromatic heterocycles. The normalized spacial score (nSPS) is 18.2. The van der Waals surface area contributed by atoms with Crippen molar-refractivity contribution in [1.29, 1.82) is 0 Å². The number of carbonyl (C=O) groups is 2. The predicted molar refractivity (Wildman–Crippen MR) is 123 cm³/mol. The Morgan fingerprint density at radius 1 is 0.969 bits per heavy atom. The molecule has 1 aliphatic heterocycles. The molecule has 0 saturated carbocycles. The second-order valence-corrected chi connectivity index (χ2v) is 8.42. The van der Waals surface area contributed by atoms with E-state index in [1.807, 2.05) is 54.6 Å². The number of carbonyl (C=O) groups excluding carboxylic acids is 2. The molecular weight excluding hydrogens is 403 g/mol. The Morgan fingerprint density at radius 2 is 1.66 bits per heavy atom. The van der Waals surface area contributed by atoms with Crippen molar-refractivity contribution in [3.8, 4) is 0 Å². The topological polar surface area (TPSA) is 49.4 Å². The summed E-state index contributed by atoms with van der Waals surface area (Å²) in [6.07, 6.45) is 0.615. The second kappa shape index (κ2) is 9.77. The van der Waals surface area contributed by atoms with Crippen LogP contribution in [-0.2, 0) is 11.3 Å². The maximum absolute atomic E-state index is 13.8. The molecule has 3 aromatic rings. The molecule has 1 heterocycles. The molecule has 0 aliphatic carbocycles. The Hall–Kier alpha value is -3.47. The summed E-state index contributed by atoms with van der Waals surface area (Å²) in [5, 5.41) is 3.02. The van der Waals surface area contributed by atoms with Gasteiger partial charge >= 0.3 is 0 Å². The van der Waals surface area contributed by atoms with Crippen molar-refractivity contribution in [1.82, 2.24) is 10.2 Å². The zero-order valence-electron chi connectivity index (χ0n) is 18.1. The Balaban J connectivity index is 1.55. The fourth-order valence-corrected chi connectivity index (χ4v) is 4.31. The number of hydrogen-bond acceptors (Lipinski definition) is 2. The van der Waals surface area contributed by atoms with E-state index in [9.17, 15) is 14.0 Å². The van der Waals surface area contributed by atoms with Gasteiger partial charge in [0.25, 0.3) is 5.91 Å². The molecule has 0 unspecified atom stereocenters. The Morgan fingerprint density at radius 3 is 2.34 bits per heavy atom. The van der Waals surface area contributed by atoms with Gasteiger partial charge in [-0.3, -0.25) is 9.59 Å². The van der Waals surface area contributed by atoms with Gasteiger partial charge in [-0.1, -0.05) is 60.7 Å². The van der Waals surface area contributed by atoms with Gasteiger partial charge in [-0.05, 0) is 48.2 Å². The summed E-state index contributed by atoms with van der Waals surface area (Å²) in [5.74, 6) is -0.782. The number of amides is 2. The summed E-state index contributed by atoms with van der Waals surface area (Å²) in [7, 11) is 0. The average Bonchev–Trinajstić information content (AvgIpc) is 2.84. The minimum atomic E-state index is -0.338. The van der Waals surface area contributed by atoms with Crippen LogP contribution in [0.15, 0.2) is 78.9 Å². The molecule has 0 spiro atoms. The van der Waals surface area contributed by atoms with Gasteiger partial charge in [0.2, 0.25) is 5.91 Å². The minimum absolute atomic E-state index is 0.0387. The van der Waals surface area contributed by atoms with Crippen LogP contribution < -0.4 is 5.32 Å². The van der Waals surface area contributed by atoms with Gasteiger partial charge < -0.3 is 10.2 Å². The van der Waals surface area contributed by atoms with E-state index in [1.54, 1.807) is 30.0 Å². The van der Waals surface area contributed by atoms with E-state index >= 15 is 0 Å². The molecule has 1 N–H and O–H groups in total. The molecule has 5 heteroatoms. The van der Waals surface area contributed by atoms with Crippen LogP contribution >= 0.6 is 0 Å². The van der Waals surface area contributed by atoms with Crippen molar-refractivity contribution in [3.05, 3.63) is 107 Å². The highest BCUT2D eigenvalue weighted by Crippen LogP contribution is 2.32. The number of hydrogen-bond donors (Lipinski definition) is 1. The molecule has 4 nitrogen and oxygen atoms in total. The number of likely N-dealkylation sites (tertiary alicyclic amines) is 1. The molecule has 3 aromatic carbocycles. The fraction of sp³-hybridized carbons (Fsp3) is 0.259. The molecule has 0 radical (unpaired) electrons. The van der Waals surface area contributed by atoms with E-state index in [4.69, 9.17) is 0 Å². The number of benzene rings is 3. The van der Waals surface area contributed by atoms with E-state index < -0.39 is 0 Å². The third kappa shape index (κ3) is 5.05. The first kappa shape index (κ1) is 21.8. The summed E-state index contributed by atoms with van der Waals surface area (Å²) in [6, 6.07) is 23.9. The zero-order chi connectivity index (χ0) is 22.5. The number of piperidine rings is 1. The lowest BCUT2D eigenvalue weighted by molar-refractivity contribution is -0.126. The largest absolute Gasteiger partial charge is 0.352 e. The molecule has 0 bridgehead atoms. The molecule has 2 atom stereocenters. The van der Waals surface area contributed by atoms with E-state index in [-0.39, 0.29) is 29.5 Å². The van der Waals surface area contributed by atoms with Gasteiger partial charge in [0.05, 0.1) is 5.92 Å². The van der Waals surface area contributed by atoms with Crippen LogP contribution in [0.2, 0.25) is 0 Å². The van der Waals surface area contributed by atoms with Crippen LogP contribution in [0.1, 0.15) is 39.4 Å². The Kier molecular flexibility index (Phi) is 6.64. The summed E-state index contributed by atoms with van der Waals surface area (Å²) in [5.41, 5.74) is 3.15. The molecule has 1 saturated heterocycles. The van der Waals surface area contributed by atoms with Gasteiger partial charge in [0.15, 0.2) is 0 Å². The Labute approximate surface area is 188 Å². The fourth-order valence-electron chi connectivity index (χ4n) is 4.31. The number of aryl methyl sites for hydroxylation is 1. The van der Waals surface area contributed by atoms with Crippen LogP contribution in [0.5, 0.6) is 0 Å². The highest BCUT2D eigenvalue weighted by atomic mass is 19.1. The maximum atomic E-state index is 13.8. The highest BCUT2D eigenvalue weighted by Gasteiger charge is 2.35. The van der Waals surface area contributed by atoms with Crippen molar-refractivity contribution in [3.63, 3.8) is 0 Å². The molecule has 32 heavy (non-hydrogen) atoms. The van der Waals surface area contributed by atoms with Gasteiger partial charge in [-0.2, -0.15) is 0 Å². The summed E-state index contributed by atoms with van der Waals surface area (Å²) in [4.78, 5) is 28.0. The maximum Gasteiger partial charge on any atom is 0.253 e. The van der Waals surface area contributed by atoms with Gasteiger partial charge in [0.1, 0.15) is 5.82 Å². The van der Waals surface area contributed by atoms with E-state index in [0.717, 1.165) is 11.1 Å². The van der Waals surface area contributed by atoms with Gasteiger partial charge in [-0.25, -0.2) is 4.39 Å². The Bertz CT molecular complexity index is 1090. The van der Waals surface area contributed by atoms with Crippen LogP contribution in [0.4, 0.5) is 4.39 Å². The smallest absolute Gasteiger partial charge is 0.253 e. The number of halogens is 1. The van der Waals surface area contributed by atoms with E-state index in [2.05, 4.69) is 5.32 Å². The quantitative estimate of drug-likeness (QED) is 0.638.